The second kappa shape index (κ2) is 8.05. The quantitative estimate of drug-likeness (QED) is 0.431. The van der Waals surface area contributed by atoms with E-state index >= 15 is 0 Å². The zero-order valence-electron chi connectivity index (χ0n) is 19.8. The molecule has 162 valence electrons. The Morgan fingerprint density at radius 2 is 1.83 bits per heavy atom. The van der Waals surface area contributed by atoms with Crippen molar-refractivity contribution < 1.29 is 0 Å². The van der Waals surface area contributed by atoms with E-state index in [9.17, 15) is 5.26 Å². The van der Waals surface area contributed by atoms with Gasteiger partial charge in [-0.05, 0) is 97.7 Å². The van der Waals surface area contributed by atoms with Gasteiger partial charge in [-0.1, -0.05) is 65.5 Å². The zero-order chi connectivity index (χ0) is 20.8. The first-order chi connectivity index (χ1) is 13.8. The van der Waals surface area contributed by atoms with Gasteiger partial charge in [-0.15, -0.1) is 0 Å². The minimum Gasteiger partial charge on any atom is -0.198 e. The molecule has 0 aromatic rings. The first-order valence-corrected chi connectivity index (χ1v) is 12.9. The molecule has 29 heavy (non-hydrogen) atoms. The monoisotopic (exact) mass is 395 g/mol. The van der Waals surface area contributed by atoms with Crippen LogP contribution in [-0.2, 0) is 0 Å². The van der Waals surface area contributed by atoms with Crippen molar-refractivity contribution in [2.24, 2.45) is 52.3 Å². The number of nitrogens with zero attached hydrogens (tertiary/aromatic N) is 1. The SMILES string of the molecule is CC(C)CCC[C@@H](C)[C@H]1CC[C@H]2[C@@H]3CC=C4C[C@@H](C#N)CC[C@]4(C)[C@H]3CC[C@]12C. The van der Waals surface area contributed by atoms with Crippen LogP contribution in [0.2, 0.25) is 0 Å². The third-order valence-electron chi connectivity index (χ3n) is 10.5. The largest absolute Gasteiger partial charge is 0.198 e. The van der Waals surface area contributed by atoms with Crippen molar-refractivity contribution in [3.63, 3.8) is 0 Å². The van der Waals surface area contributed by atoms with Crippen LogP contribution in [0.4, 0.5) is 0 Å². The fourth-order valence-electron chi connectivity index (χ4n) is 8.80. The molecule has 0 amide bonds. The van der Waals surface area contributed by atoms with Gasteiger partial charge in [0.15, 0.2) is 0 Å². The molecule has 0 aromatic carbocycles. The third kappa shape index (κ3) is 3.62. The highest BCUT2D eigenvalue weighted by Crippen LogP contribution is 2.67. The molecular weight excluding hydrogens is 350 g/mol. The average molecular weight is 396 g/mol. The molecule has 1 nitrogen and oxygen atoms in total. The Morgan fingerprint density at radius 1 is 1.03 bits per heavy atom. The first kappa shape index (κ1) is 21.5. The average Bonchev–Trinajstić information content (AvgIpc) is 3.04. The van der Waals surface area contributed by atoms with Gasteiger partial charge in [0.25, 0.3) is 0 Å². The molecule has 4 rings (SSSR count). The summed E-state index contributed by atoms with van der Waals surface area (Å²) >= 11 is 0. The van der Waals surface area contributed by atoms with E-state index < -0.39 is 0 Å². The van der Waals surface area contributed by atoms with E-state index in [-0.39, 0.29) is 5.92 Å². The van der Waals surface area contributed by atoms with Gasteiger partial charge in [0.05, 0.1) is 12.0 Å². The summed E-state index contributed by atoms with van der Waals surface area (Å²) in [5.41, 5.74) is 2.65. The predicted octanol–water partition coefficient (Wildman–Crippen LogP) is 8.17. The van der Waals surface area contributed by atoms with Crippen molar-refractivity contribution in [3.8, 4) is 6.07 Å². The molecule has 0 spiro atoms. The van der Waals surface area contributed by atoms with Gasteiger partial charge in [-0.2, -0.15) is 5.26 Å². The van der Waals surface area contributed by atoms with E-state index in [4.69, 9.17) is 0 Å². The molecule has 3 fully saturated rings. The van der Waals surface area contributed by atoms with Crippen LogP contribution in [0, 0.1) is 63.6 Å². The van der Waals surface area contributed by atoms with Crippen LogP contribution in [-0.4, -0.2) is 0 Å². The maximum atomic E-state index is 9.45. The Kier molecular flexibility index (Phi) is 5.96. The molecule has 0 saturated heterocycles. The molecule has 0 unspecified atom stereocenters. The molecular formula is C28H45N. The molecule has 0 radical (unpaired) electrons. The van der Waals surface area contributed by atoms with Crippen LogP contribution in [0.5, 0.6) is 0 Å². The number of hydrogen-bond acceptors (Lipinski definition) is 1. The van der Waals surface area contributed by atoms with Crippen molar-refractivity contribution in [2.75, 3.05) is 0 Å². The summed E-state index contributed by atoms with van der Waals surface area (Å²) in [6.45, 7) is 12.6. The Hall–Kier alpha value is -0.770. The molecule has 3 saturated carbocycles. The van der Waals surface area contributed by atoms with E-state index in [1.54, 1.807) is 5.57 Å². The number of allylic oxidation sites excluding steroid dienone is 2. The van der Waals surface area contributed by atoms with Gasteiger partial charge >= 0.3 is 0 Å². The molecule has 1 heteroatoms. The van der Waals surface area contributed by atoms with E-state index in [1.807, 2.05) is 0 Å². The second-order valence-electron chi connectivity index (χ2n) is 12.4. The van der Waals surface area contributed by atoms with E-state index in [0.29, 0.717) is 10.8 Å². The summed E-state index contributed by atoms with van der Waals surface area (Å²) in [7, 11) is 0. The Bertz CT molecular complexity index is 668. The summed E-state index contributed by atoms with van der Waals surface area (Å²) in [4.78, 5) is 0. The summed E-state index contributed by atoms with van der Waals surface area (Å²) in [5, 5.41) is 9.45. The van der Waals surface area contributed by atoms with Crippen molar-refractivity contribution in [3.05, 3.63) is 11.6 Å². The maximum Gasteiger partial charge on any atom is 0.0659 e. The maximum absolute atomic E-state index is 9.45. The molecule has 0 aliphatic heterocycles. The lowest BCUT2D eigenvalue weighted by molar-refractivity contribution is -0.0515. The smallest absolute Gasteiger partial charge is 0.0659 e. The fraction of sp³-hybridized carbons (Fsp3) is 0.893. The van der Waals surface area contributed by atoms with Gasteiger partial charge in [-0.3, -0.25) is 0 Å². The van der Waals surface area contributed by atoms with Gasteiger partial charge in [0, 0.05) is 0 Å². The third-order valence-corrected chi connectivity index (χ3v) is 10.5. The molecule has 0 heterocycles. The van der Waals surface area contributed by atoms with Crippen LogP contribution in [0.15, 0.2) is 11.6 Å². The molecule has 8 atom stereocenters. The number of hydrogen-bond donors (Lipinski definition) is 0. The highest BCUT2D eigenvalue weighted by molar-refractivity contribution is 5.26. The van der Waals surface area contributed by atoms with Crippen molar-refractivity contribution in [1.82, 2.24) is 0 Å². The Balaban J connectivity index is 1.49. The van der Waals surface area contributed by atoms with Crippen LogP contribution >= 0.6 is 0 Å². The molecule has 0 N–H and O–H groups in total. The van der Waals surface area contributed by atoms with Crippen molar-refractivity contribution in [2.45, 2.75) is 105 Å². The summed E-state index contributed by atoms with van der Waals surface area (Å²) in [6.07, 6.45) is 17.5. The Morgan fingerprint density at radius 3 is 2.55 bits per heavy atom. The van der Waals surface area contributed by atoms with E-state index in [0.717, 1.165) is 48.3 Å². The van der Waals surface area contributed by atoms with Gasteiger partial charge < -0.3 is 0 Å². The van der Waals surface area contributed by atoms with Gasteiger partial charge in [0.2, 0.25) is 0 Å². The number of fused-ring (bicyclic) bond motifs is 5. The molecule has 4 aliphatic carbocycles. The van der Waals surface area contributed by atoms with Gasteiger partial charge in [0.1, 0.15) is 0 Å². The van der Waals surface area contributed by atoms with E-state index in [1.165, 1.54) is 57.8 Å². The summed E-state index contributed by atoms with van der Waals surface area (Å²) < 4.78 is 0. The lowest BCUT2D eigenvalue weighted by Gasteiger charge is -2.58. The molecule has 4 aliphatic rings. The Labute approximate surface area is 180 Å². The fourth-order valence-corrected chi connectivity index (χ4v) is 8.80. The first-order valence-electron chi connectivity index (χ1n) is 12.9. The topological polar surface area (TPSA) is 23.8 Å². The van der Waals surface area contributed by atoms with Gasteiger partial charge in [-0.25, -0.2) is 0 Å². The lowest BCUT2D eigenvalue weighted by Crippen LogP contribution is -2.50. The lowest BCUT2D eigenvalue weighted by atomic mass is 9.46. The number of rotatable bonds is 5. The van der Waals surface area contributed by atoms with Crippen LogP contribution < -0.4 is 0 Å². The van der Waals surface area contributed by atoms with Crippen molar-refractivity contribution in [1.29, 1.82) is 5.26 Å². The summed E-state index contributed by atoms with van der Waals surface area (Å²) in [6, 6.07) is 2.57. The minimum atomic E-state index is 0.280. The van der Waals surface area contributed by atoms with Crippen LogP contribution in [0.25, 0.3) is 0 Å². The van der Waals surface area contributed by atoms with E-state index in [2.05, 4.69) is 46.8 Å². The highest BCUT2D eigenvalue weighted by atomic mass is 14.6. The minimum absolute atomic E-state index is 0.280. The molecule has 0 bridgehead atoms. The standard InChI is InChI=1S/C28H45N/c1-19(2)7-6-8-20(3)24-11-12-25-23-10-9-22-17-21(18-29)13-15-27(22,4)26(23)14-16-28(24,25)5/h9,19-21,23-26H,6-8,10-17H2,1-5H3/t20-,21+,23+,24-,25+,26+,27+,28-/m1/s1. The normalized spacial score (nSPS) is 45.0. The zero-order valence-corrected chi connectivity index (χ0v) is 19.8. The second-order valence-corrected chi connectivity index (χ2v) is 12.4. The summed E-state index contributed by atoms with van der Waals surface area (Å²) in [5.74, 6) is 5.73. The van der Waals surface area contributed by atoms with Crippen LogP contribution in [0.1, 0.15) is 105 Å². The highest BCUT2D eigenvalue weighted by Gasteiger charge is 2.59. The molecule has 0 aromatic heterocycles. The van der Waals surface area contributed by atoms with Crippen LogP contribution in [0.3, 0.4) is 0 Å². The van der Waals surface area contributed by atoms with Crippen molar-refractivity contribution >= 4 is 0 Å². The number of nitriles is 1. The predicted molar refractivity (Wildman–Crippen MR) is 122 cm³/mol.